The zero-order valence-corrected chi connectivity index (χ0v) is 13.4. The van der Waals surface area contributed by atoms with Crippen LogP contribution in [0.3, 0.4) is 0 Å². The number of nitrogen functional groups attached to an aromatic ring is 1. The summed E-state index contributed by atoms with van der Waals surface area (Å²) < 4.78 is 27.1. The number of nitrogens with two attached hydrogens (primary N) is 1. The topological polar surface area (TPSA) is 83.6 Å². The van der Waals surface area contributed by atoms with Crippen LogP contribution in [0.1, 0.15) is 32.3 Å². The van der Waals surface area contributed by atoms with Gasteiger partial charge in [0.25, 0.3) is 0 Å². The van der Waals surface area contributed by atoms with Gasteiger partial charge in [0, 0.05) is 18.8 Å². The summed E-state index contributed by atoms with van der Waals surface area (Å²) in [6, 6.07) is 5.07. The van der Waals surface area contributed by atoms with Gasteiger partial charge in [-0.15, -0.1) is 0 Å². The van der Waals surface area contributed by atoms with Crippen molar-refractivity contribution in [2.45, 2.75) is 44.1 Å². The van der Waals surface area contributed by atoms with Gasteiger partial charge in [-0.3, -0.25) is 0 Å². The minimum Gasteiger partial charge on any atom is -0.399 e. The summed E-state index contributed by atoms with van der Waals surface area (Å²) in [6.45, 7) is 4.61. The molecule has 1 aromatic rings. The molecule has 0 saturated carbocycles. The first-order chi connectivity index (χ1) is 9.86. The van der Waals surface area contributed by atoms with E-state index in [1.165, 1.54) is 4.31 Å². The fourth-order valence-electron chi connectivity index (χ4n) is 2.84. The van der Waals surface area contributed by atoms with Crippen LogP contribution in [0.5, 0.6) is 0 Å². The average molecular weight is 312 g/mol. The fraction of sp³-hybridized carbons (Fsp3) is 0.600. The van der Waals surface area contributed by atoms with Gasteiger partial charge >= 0.3 is 0 Å². The molecule has 0 amide bonds. The lowest BCUT2D eigenvalue weighted by molar-refractivity contribution is 0.0912. The minimum absolute atomic E-state index is 0.183. The van der Waals surface area contributed by atoms with Gasteiger partial charge in [-0.2, -0.15) is 4.31 Å². The number of rotatable bonds is 4. The molecule has 1 saturated heterocycles. The van der Waals surface area contributed by atoms with E-state index in [4.69, 9.17) is 5.73 Å². The van der Waals surface area contributed by atoms with Gasteiger partial charge in [-0.05, 0) is 49.8 Å². The smallest absolute Gasteiger partial charge is 0.243 e. The van der Waals surface area contributed by atoms with Gasteiger partial charge in [-0.25, -0.2) is 8.42 Å². The van der Waals surface area contributed by atoms with Crippen LogP contribution >= 0.6 is 0 Å². The molecule has 1 fully saturated rings. The predicted octanol–water partition coefficient (Wildman–Crippen LogP) is 1.61. The third-order valence-corrected chi connectivity index (χ3v) is 6.25. The van der Waals surface area contributed by atoms with Gasteiger partial charge in [0.1, 0.15) is 0 Å². The molecule has 0 aromatic heterocycles. The summed E-state index contributed by atoms with van der Waals surface area (Å²) in [5, 5.41) is 9.62. The number of anilines is 1. The van der Waals surface area contributed by atoms with Crippen molar-refractivity contribution in [3.8, 4) is 0 Å². The Labute approximate surface area is 126 Å². The molecule has 0 spiro atoms. The van der Waals surface area contributed by atoms with Gasteiger partial charge in [0.2, 0.25) is 10.0 Å². The molecular formula is C15H24N2O3S. The Morgan fingerprint density at radius 2 is 2.00 bits per heavy atom. The molecule has 0 radical (unpaired) electrons. The van der Waals surface area contributed by atoms with Gasteiger partial charge in [0.05, 0.1) is 11.0 Å². The maximum atomic E-state index is 12.8. The van der Waals surface area contributed by atoms with E-state index in [0.29, 0.717) is 42.9 Å². The molecule has 3 N–H and O–H groups in total. The van der Waals surface area contributed by atoms with E-state index in [1.807, 2.05) is 6.92 Å². The molecule has 1 heterocycles. The lowest BCUT2D eigenvalue weighted by atomic mass is 9.93. The number of aryl methyl sites for hydroxylation is 1. The summed E-state index contributed by atoms with van der Waals surface area (Å²) in [5.41, 5.74) is 7.01. The minimum atomic E-state index is -3.50. The van der Waals surface area contributed by atoms with Crippen LogP contribution in [0.25, 0.3) is 0 Å². The first-order valence-electron chi connectivity index (χ1n) is 7.43. The Balaban J connectivity index is 2.25. The quantitative estimate of drug-likeness (QED) is 0.827. The predicted molar refractivity (Wildman–Crippen MR) is 83.4 cm³/mol. The van der Waals surface area contributed by atoms with Crippen molar-refractivity contribution >= 4 is 15.7 Å². The number of aliphatic hydroxyl groups excluding tert-OH is 1. The molecule has 1 unspecified atom stereocenters. The molecule has 0 aliphatic carbocycles. The molecule has 1 atom stereocenters. The second kappa shape index (κ2) is 6.34. The zero-order valence-electron chi connectivity index (χ0n) is 12.6. The highest BCUT2D eigenvalue weighted by Gasteiger charge is 2.32. The van der Waals surface area contributed by atoms with Crippen molar-refractivity contribution in [2.24, 2.45) is 5.92 Å². The molecule has 1 aliphatic rings. The van der Waals surface area contributed by atoms with Crippen LogP contribution in [-0.2, 0) is 16.4 Å². The van der Waals surface area contributed by atoms with Crippen LogP contribution in [0, 0.1) is 5.92 Å². The molecule has 2 rings (SSSR count). The number of aliphatic hydroxyl groups is 1. The Morgan fingerprint density at radius 1 is 1.38 bits per heavy atom. The highest BCUT2D eigenvalue weighted by Crippen LogP contribution is 2.28. The molecule has 5 nitrogen and oxygen atoms in total. The number of sulfonamides is 1. The van der Waals surface area contributed by atoms with Gasteiger partial charge < -0.3 is 10.8 Å². The van der Waals surface area contributed by atoms with Crippen molar-refractivity contribution in [3.05, 3.63) is 23.8 Å². The average Bonchev–Trinajstić information content (AvgIpc) is 2.47. The zero-order chi connectivity index (χ0) is 15.6. The van der Waals surface area contributed by atoms with E-state index in [0.717, 1.165) is 5.56 Å². The third-order valence-electron chi connectivity index (χ3n) is 4.27. The highest BCUT2D eigenvalue weighted by molar-refractivity contribution is 7.89. The maximum absolute atomic E-state index is 12.8. The van der Waals surface area contributed by atoms with Gasteiger partial charge in [0.15, 0.2) is 0 Å². The number of hydrogen-bond acceptors (Lipinski definition) is 4. The number of nitrogens with zero attached hydrogens (tertiary/aromatic N) is 1. The first-order valence-corrected chi connectivity index (χ1v) is 8.87. The van der Waals surface area contributed by atoms with Gasteiger partial charge in [-0.1, -0.05) is 13.0 Å². The Kier molecular flexibility index (Phi) is 4.91. The number of benzene rings is 1. The Bertz CT molecular complexity index is 591. The van der Waals surface area contributed by atoms with Crippen molar-refractivity contribution in [1.82, 2.24) is 4.31 Å². The molecule has 6 heteroatoms. The Morgan fingerprint density at radius 3 is 2.52 bits per heavy atom. The van der Waals surface area contributed by atoms with Crippen molar-refractivity contribution in [2.75, 3.05) is 18.8 Å². The van der Waals surface area contributed by atoms with E-state index in [2.05, 4.69) is 0 Å². The summed E-state index contributed by atoms with van der Waals surface area (Å²) in [6.07, 6.45) is 1.66. The monoisotopic (exact) mass is 312 g/mol. The lowest BCUT2D eigenvalue weighted by Gasteiger charge is -2.32. The van der Waals surface area contributed by atoms with E-state index < -0.39 is 10.0 Å². The second-order valence-electron chi connectivity index (χ2n) is 5.70. The lowest BCUT2D eigenvalue weighted by Crippen LogP contribution is -2.41. The van der Waals surface area contributed by atoms with Crippen LogP contribution in [0.15, 0.2) is 23.1 Å². The molecule has 0 bridgehead atoms. The Hall–Kier alpha value is -1.11. The summed E-state index contributed by atoms with van der Waals surface area (Å²) in [5.74, 6) is 0.183. The van der Waals surface area contributed by atoms with E-state index in [1.54, 1.807) is 25.1 Å². The van der Waals surface area contributed by atoms with Crippen molar-refractivity contribution in [3.63, 3.8) is 0 Å². The second-order valence-corrected chi connectivity index (χ2v) is 7.61. The van der Waals surface area contributed by atoms with Crippen LogP contribution < -0.4 is 5.73 Å². The molecule has 118 valence electrons. The van der Waals surface area contributed by atoms with Crippen molar-refractivity contribution in [1.29, 1.82) is 0 Å². The SMILES string of the molecule is CCc1ccc(N)cc1S(=O)(=O)N1CCC(C(C)O)CC1. The van der Waals surface area contributed by atoms with Crippen LogP contribution in [0.2, 0.25) is 0 Å². The molecule has 1 aliphatic heterocycles. The number of hydrogen-bond donors (Lipinski definition) is 2. The van der Waals surface area contributed by atoms with Crippen LogP contribution in [-0.4, -0.2) is 37.0 Å². The van der Waals surface area contributed by atoms with E-state index >= 15 is 0 Å². The van der Waals surface area contributed by atoms with Crippen molar-refractivity contribution < 1.29 is 13.5 Å². The summed E-state index contributed by atoms with van der Waals surface area (Å²) >= 11 is 0. The number of piperidine rings is 1. The van der Waals surface area contributed by atoms with E-state index in [9.17, 15) is 13.5 Å². The molecular weight excluding hydrogens is 288 g/mol. The first kappa shape index (κ1) is 16.3. The highest BCUT2D eigenvalue weighted by atomic mass is 32.2. The fourth-order valence-corrected chi connectivity index (χ4v) is 4.64. The summed E-state index contributed by atoms with van der Waals surface area (Å²) in [7, 11) is -3.50. The van der Waals surface area contributed by atoms with Crippen LogP contribution in [0.4, 0.5) is 5.69 Å². The normalized spacial score (nSPS) is 19.6. The van der Waals surface area contributed by atoms with E-state index in [-0.39, 0.29) is 12.0 Å². The standard InChI is InChI=1S/C15H24N2O3S/c1-3-12-4-5-14(16)10-15(12)21(19,20)17-8-6-13(7-9-17)11(2)18/h4-5,10-11,13,18H,3,6-9,16H2,1-2H3. The molecule has 21 heavy (non-hydrogen) atoms. The molecule has 1 aromatic carbocycles. The maximum Gasteiger partial charge on any atom is 0.243 e. The third kappa shape index (κ3) is 3.39. The largest absolute Gasteiger partial charge is 0.399 e. The summed E-state index contributed by atoms with van der Waals surface area (Å²) in [4.78, 5) is 0.320.